The molecule has 0 saturated carbocycles. The van der Waals surface area contributed by atoms with Crippen LogP contribution in [0.3, 0.4) is 0 Å². The molecule has 0 saturated heterocycles. The van der Waals surface area contributed by atoms with Gasteiger partial charge >= 0.3 is 0 Å². The van der Waals surface area contributed by atoms with Crippen molar-refractivity contribution < 1.29 is 4.74 Å². The average Bonchev–Trinajstić information content (AvgIpc) is 2.69. The summed E-state index contributed by atoms with van der Waals surface area (Å²) in [5, 5.41) is 0.996. The molecular weight excluding hydrogens is 216 g/mol. The minimum atomic E-state index is -0.0192. The van der Waals surface area contributed by atoms with Crippen LogP contribution in [0.5, 0.6) is 0 Å². The third-order valence-electron chi connectivity index (χ3n) is 3.06. The van der Waals surface area contributed by atoms with Gasteiger partial charge in [0.1, 0.15) is 5.52 Å². The fourth-order valence-corrected chi connectivity index (χ4v) is 2.13. The van der Waals surface area contributed by atoms with Crippen LogP contribution in [0.1, 0.15) is 25.1 Å². The molecule has 2 heterocycles. The summed E-state index contributed by atoms with van der Waals surface area (Å²) in [6.07, 6.45) is 2.87. The van der Waals surface area contributed by atoms with Gasteiger partial charge in [-0.25, -0.2) is 0 Å². The Kier molecular flexibility index (Phi) is 3.33. The fraction of sp³-hybridized carbons (Fsp3) is 0.462. The number of hydrogen-bond acceptors (Lipinski definition) is 2. The van der Waals surface area contributed by atoms with Gasteiger partial charge in [0.25, 0.3) is 5.56 Å². The molecule has 0 spiro atoms. The van der Waals surface area contributed by atoms with Crippen LogP contribution < -0.4 is 5.56 Å². The number of H-pyrrole nitrogens is 1. The van der Waals surface area contributed by atoms with Crippen LogP contribution >= 0.6 is 0 Å². The maximum Gasteiger partial charge on any atom is 0.272 e. The Balaban J connectivity index is 2.45. The molecule has 0 aromatic carbocycles. The van der Waals surface area contributed by atoms with Crippen LogP contribution in [0.4, 0.5) is 0 Å². The second-order valence-corrected chi connectivity index (χ2v) is 4.44. The average molecular weight is 234 g/mol. The molecule has 1 atom stereocenters. The van der Waals surface area contributed by atoms with Crippen molar-refractivity contribution in [3.8, 4) is 0 Å². The van der Waals surface area contributed by atoms with E-state index in [-0.39, 0.29) is 11.6 Å². The zero-order chi connectivity index (χ0) is 12.4. The SMILES string of the molecule is COCCC(C)n1ccc2cc(C)[nH]c(=O)c21. The molecule has 2 rings (SSSR count). The van der Waals surface area contributed by atoms with E-state index in [1.807, 2.05) is 29.8 Å². The molecule has 0 aliphatic heterocycles. The molecule has 0 amide bonds. The molecule has 4 nitrogen and oxygen atoms in total. The van der Waals surface area contributed by atoms with Crippen molar-refractivity contribution in [3.63, 3.8) is 0 Å². The van der Waals surface area contributed by atoms with Crippen molar-refractivity contribution in [1.29, 1.82) is 0 Å². The fourth-order valence-electron chi connectivity index (χ4n) is 2.13. The summed E-state index contributed by atoms with van der Waals surface area (Å²) in [5.74, 6) is 0. The third kappa shape index (κ3) is 2.26. The van der Waals surface area contributed by atoms with Gasteiger partial charge in [-0.15, -0.1) is 0 Å². The van der Waals surface area contributed by atoms with E-state index in [4.69, 9.17) is 4.74 Å². The van der Waals surface area contributed by atoms with Crippen molar-refractivity contribution in [2.24, 2.45) is 0 Å². The number of ether oxygens (including phenoxy) is 1. The van der Waals surface area contributed by atoms with Crippen molar-refractivity contribution in [1.82, 2.24) is 9.55 Å². The van der Waals surface area contributed by atoms with Crippen LogP contribution in [0, 0.1) is 6.92 Å². The van der Waals surface area contributed by atoms with E-state index >= 15 is 0 Å². The highest BCUT2D eigenvalue weighted by atomic mass is 16.5. The minimum absolute atomic E-state index is 0.0192. The number of aryl methyl sites for hydroxylation is 1. The van der Waals surface area contributed by atoms with Crippen molar-refractivity contribution in [2.75, 3.05) is 13.7 Å². The Bertz CT molecular complexity index is 568. The van der Waals surface area contributed by atoms with E-state index in [2.05, 4.69) is 11.9 Å². The summed E-state index contributed by atoms with van der Waals surface area (Å²) in [5.41, 5.74) is 1.62. The molecule has 92 valence electrons. The number of rotatable bonds is 4. The monoisotopic (exact) mass is 234 g/mol. The predicted molar refractivity (Wildman–Crippen MR) is 68.5 cm³/mol. The first-order valence-corrected chi connectivity index (χ1v) is 5.83. The summed E-state index contributed by atoms with van der Waals surface area (Å²) < 4.78 is 7.09. The van der Waals surface area contributed by atoms with E-state index in [9.17, 15) is 4.79 Å². The van der Waals surface area contributed by atoms with E-state index in [0.29, 0.717) is 6.61 Å². The molecule has 0 bridgehead atoms. The number of nitrogens with zero attached hydrogens (tertiary/aromatic N) is 1. The standard InChI is InChI=1S/C13H18N2O2/c1-9-8-11-4-6-15(10(2)5-7-17-3)12(11)13(16)14-9/h4,6,8,10H,5,7H2,1-3H3,(H,14,16). The lowest BCUT2D eigenvalue weighted by atomic mass is 10.2. The first-order chi connectivity index (χ1) is 8.13. The molecule has 4 heteroatoms. The number of aromatic amines is 1. The lowest BCUT2D eigenvalue weighted by molar-refractivity contribution is 0.181. The number of fused-ring (bicyclic) bond motifs is 1. The highest BCUT2D eigenvalue weighted by Crippen LogP contribution is 2.19. The van der Waals surface area contributed by atoms with Crippen molar-refractivity contribution >= 4 is 10.9 Å². The number of nitrogens with one attached hydrogen (secondary N) is 1. The van der Waals surface area contributed by atoms with Gasteiger partial charge < -0.3 is 14.3 Å². The van der Waals surface area contributed by atoms with Gasteiger partial charge in [0.15, 0.2) is 0 Å². The van der Waals surface area contributed by atoms with Gasteiger partial charge in [0.05, 0.1) is 0 Å². The first-order valence-electron chi connectivity index (χ1n) is 5.83. The Morgan fingerprint density at radius 1 is 1.53 bits per heavy atom. The van der Waals surface area contributed by atoms with Crippen LogP contribution in [0.25, 0.3) is 10.9 Å². The molecule has 2 aromatic heterocycles. The van der Waals surface area contributed by atoms with Gasteiger partial charge in [-0.1, -0.05) is 0 Å². The zero-order valence-corrected chi connectivity index (χ0v) is 10.5. The van der Waals surface area contributed by atoms with E-state index in [0.717, 1.165) is 23.0 Å². The van der Waals surface area contributed by atoms with E-state index < -0.39 is 0 Å². The van der Waals surface area contributed by atoms with Crippen LogP contribution in [0.15, 0.2) is 23.1 Å². The largest absolute Gasteiger partial charge is 0.385 e. The molecule has 1 unspecified atom stereocenters. The lowest BCUT2D eigenvalue weighted by Gasteiger charge is -2.14. The Labute approximate surface area is 100 Å². The minimum Gasteiger partial charge on any atom is -0.385 e. The number of hydrogen-bond donors (Lipinski definition) is 1. The number of aromatic nitrogens is 2. The predicted octanol–water partition coefficient (Wildman–Crippen LogP) is 2.24. The summed E-state index contributed by atoms with van der Waals surface area (Å²) in [6, 6.07) is 4.24. The number of pyridine rings is 1. The Morgan fingerprint density at radius 3 is 3.00 bits per heavy atom. The molecule has 17 heavy (non-hydrogen) atoms. The molecule has 0 aliphatic carbocycles. The first kappa shape index (κ1) is 11.9. The summed E-state index contributed by atoms with van der Waals surface area (Å²) in [7, 11) is 1.69. The summed E-state index contributed by atoms with van der Waals surface area (Å²) in [4.78, 5) is 14.8. The smallest absolute Gasteiger partial charge is 0.272 e. The molecule has 0 aliphatic rings. The Hall–Kier alpha value is -1.55. The molecule has 1 N–H and O–H groups in total. The van der Waals surface area contributed by atoms with Crippen LogP contribution in [-0.2, 0) is 4.74 Å². The maximum atomic E-state index is 12.0. The van der Waals surface area contributed by atoms with Crippen molar-refractivity contribution in [3.05, 3.63) is 34.4 Å². The second-order valence-electron chi connectivity index (χ2n) is 4.44. The van der Waals surface area contributed by atoms with Gasteiger partial charge in [0.2, 0.25) is 0 Å². The molecule has 0 fully saturated rings. The summed E-state index contributed by atoms with van der Waals surface area (Å²) >= 11 is 0. The third-order valence-corrected chi connectivity index (χ3v) is 3.06. The summed E-state index contributed by atoms with van der Waals surface area (Å²) in [6.45, 7) is 4.69. The normalized spacial score (nSPS) is 13.1. The molecular formula is C13H18N2O2. The van der Waals surface area contributed by atoms with Crippen LogP contribution in [-0.4, -0.2) is 23.3 Å². The van der Waals surface area contributed by atoms with Gasteiger partial charge in [-0.05, 0) is 32.4 Å². The molecule has 0 radical (unpaired) electrons. The van der Waals surface area contributed by atoms with Gasteiger partial charge in [-0.2, -0.15) is 0 Å². The quantitative estimate of drug-likeness (QED) is 0.881. The van der Waals surface area contributed by atoms with Gasteiger partial charge in [-0.3, -0.25) is 4.79 Å². The Morgan fingerprint density at radius 2 is 2.29 bits per heavy atom. The topological polar surface area (TPSA) is 47.0 Å². The second kappa shape index (κ2) is 4.75. The van der Waals surface area contributed by atoms with Crippen molar-refractivity contribution in [2.45, 2.75) is 26.3 Å². The van der Waals surface area contributed by atoms with Crippen LogP contribution in [0.2, 0.25) is 0 Å². The van der Waals surface area contributed by atoms with E-state index in [1.54, 1.807) is 7.11 Å². The highest BCUT2D eigenvalue weighted by molar-refractivity contribution is 5.79. The zero-order valence-electron chi connectivity index (χ0n) is 10.5. The molecule has 2 aromatic rings. The lowest BCUT2D eigenvalue weighted by Crippen LogP contribution is -2.15. The van der Waals surface area contributed by atoms with Gasteiger partial charge in [0, 0.05) is 37.0 Å². The number of methoxy groups -OCH3 is 1. The maximum absolute atomic E-state index is 12.0. The van der Waals surface area contributed by atoms with E-state index in [1.165, 1.54) is 0 Å². The highest BCUT2D eigenvalue weighted by Gasteiger charge is 2.11.